The second-order valence-electron chi connectivity index (χ2n) is 3.48. The van der Waals surface area contributed by atoms with E-state index in [0.717, 1.165) is 16.7 Å². The lowest BCUT2D eigenvalue weighted by atomic mass is 10.3. The third-order valence-electron chi connectivity index (χ3n) is 2.04. The lowest BCUT2D eigenvalue weighted by Gasteiger charge is -2.07. The Morgan fingerprint density at radius 1 is 1.39 bits per heavy atom. The Hall–Kier alpha value is -0.910. The topological polar surface area (TPSA) is 50.8 Å². The zero-order valence-corrected chi connectivity index (χ0v) is 11.9. The molecule has 0 saturated heterocycles. The molecule has 1 heterocycles. The first-order chi connectivity index (χ1) is 8.65. The number of nitrogens with one attached hydrogen (secondary N) is 1. The van der Waals surface area contributed by atoms with Gasteiger partial charge in [-0.3, -0.25) is 5.10 Å². The molecule has 0 bridgehead atoms. The molecule has 0 aliphatic heterocycles. The fourth-order valence-electron chi connectivity index (χ4n) is 1.26. The van der Waals surface area contributed by atoms with Crippen LogP contribution in [0, 0.1) is 6.92 Å². The predicted octanol–water partition coefficient (Wildman–Crippen LogP) is 3.59. The smallest absolute Gasteiger partial charge is 0.208 e. The van der Waals surface area contributed by atoms with Gasteiger partial charge in [-0.15, -0.1) is 5.10 Å². The summed E-state index contributed by atoms with van der Waals surface area (Å²) in [5.41, 5.74) is 0. The Bertz CT molecular complexity index is 533. The Morgan fingerprint density at radius 3 is 2.89 bits per heavy atom. The number of ether oxygens (including phenoxy) is 1. The van der Waals surface area contributed by atoms with Gasteiger partial charge in [0, 0.05) is 10.8 Å². The molecule has 1 N–H and O–H groups in total. The van der Waals surface area contributed by atoms with E-state index in [0.29, 0.717) is 22.4 Å². The first-order valence-corrected chi connectivity index (χ1v) is 6.99. The summed E-state index contributed by atoms with van der Waals surface area (Å²) in [6.45, 7) is 2.39. The summed E-state index contributed by atoms with van der Waals surface area (Å²) in [6, 6.07) is 5.16. The van der Waals surface area contributed by atoms with Gasteiger partial charge in [-0.1, -0.05) is 35.0 Å². The summed E-state index contributed by atoms with van der Waals surface area (Å²) < 4.78 is 5.54. The first kappa shape index (κ1) is 13.5. The Kier molecular flexibility index (Phi) is 4.74. The number of rotatable bonds is 5. The van der Waals surface area contributed by atoms with Crippen molar-refractivity contribution in [3.63, 3.8) is 0 Å². The van der Waals surface area contributed by atoms with E-state index in [1.165, 1.54) is 11.8 Å². The van der Waals surface area contributed by atoms with Crippen molar-refractivity contribution < 1.29 is 4.74 Å². The highest BCUT2D eigenvalue weighted by Gasteiger charge is 2.03. The van der Waals surface area contributed by atoms with Crippen LogP contribution in [0.2, 0.25) is 10.0 Å². The molecule has 2 aromatic rings. The molecule has 0 aliphatic rings. The van der Waals surface area contributed by atoms with Gasteiger partial charge in [0.1, 0.15) is 11.6 Å². The highest BCUT2D eigenvalue weighted by atomic mass is 35.5. The summed E-state index contributed by atoms with van der Waals surface area (Å²) in [4.78, 5) is 4.18. The second kappa shape index (κ2) is 6.31. The number of aryl methyl sites for hydroxylation is 1. The lowest BCUT2D eigenvalue weighted by molar-refractivity contribution is 0.344. The van der Waals surface area contributed by atoms with Gasteiger partial charge < -0.3 is 4.74 Å². The van der Waals surface area contributed by atoms with Crippen molar-refractivity contribution >= 4 is 35.0 Å². The van der Waals surface area contributed by atoms with Gasteiger partial charge in [0.2, 0.25) is 5.16 Å². The van der Waals surface area contributed by atoms with E-state index < -0.39 is 0 Å². The van der Waals surface area contributed by atoms with Crippen molar-refractivity contribution in [1.29, 1.82) is 0 Å². The molecule has 0 saturated carbocycles. The Balaban J connectivity index is 1.78. The van der Waals surface area contributed by atoms with Crippen molar-refractivity contribution in [2.24, 2.45) is 0 Å². The maximum absolute atomic E-state index is 5.98. The number of benzene rings is 1. The average Bonchev–Trinajstić information content (AvgIpc) is 2.73. The molecule has 1 aromatic carbocycles. The number of thioether (sulfide) groups is 1. The molecule has 18 heavy (non-hydrogen) atoms. The van der Waals surface area contributed by atoms with Gasteiger partial charge in [0.25, 0.3) is 0 Å². The molecule has 0 aliphatic carbocycles. The van der Waals surface area contributed by atoms with Crippen LogP contribution < -0.4 is 4.74 Å². The van der Waals surface area contributed by atoms with E-state index >= 15 is 0 Å². The molecule has 7 heteroatoms. The lowest BCUT2D eigenvalue weighted by Crippen LogP contribution is -2.00. The van der Waals surface area contributed by atoms with Crippen molar-refractivity contribution in [2.45, 2.75) is 12.1 Å². The van der Waals surface area contributed by atoms with E-state index in [1.807, 2.05) is 6.92 Å². The molecule has 96 valence electrons. The van der Waals surface area contributed by atoms with E-state index in [2.05, 4.69) is 15.2 Å². The average molecular weight is 304 g/mol. The molecule has 0 fully saturated rings. The first-order valence-electron chi connectivity index (χ1n) is 5.25. The van der Waals surface area contributed by atoms with Gasteiger partial charge >= 0.3 is 0 Å². The fourth-order valence-corrected chi connectivity index (χ4v) is 2.39. The van der Waals surface area contributed by atoms with E-state index in [4.69, 9.17) is 27.9 Å². The van der Waals surface area contributed by atoms with Gasteiger partial charge in [-0.2, -0.15) is 0 Å². The Morgan fingerprint density at radius 2 is 2.22 bits per heavy atom. The zero-order valence-electron chi connectivity index (χ0n) is 9.61. The molecule has 0 radical (unpaired) electrons. The zero-order chi connectivity index (χ0) is 13.0. The molecular formula is C11H11Cl2N3OS. The second-order valence-corrected chi connectivity index (χ2v) is 5.38. The van der Waals surface area contributed by atoms with Gasteiger partial charge in [-0.25, -0.2) is 4.98 Å². The van der Waals surface area contributed by atoms with Crippen LogP contribution in [0.1, 0.15) is 5.82 Å². The highest BCUT2D eigenvalue weighted by Crippen LogP contribution is 2.27. The van der Waals surface area contributed by atoms with Gasteiger partial charge in [0.15, 0.2) is 0 Å². The number of aromatic amines is 1. The number of halogens is 2. The minimum absolute atomic E-state index is 0.515. The van der Waals surface area contributed by atoms with E-state index in [9.17, 15) is 0 Å². The summed E-state index contributed by atoms with van der Waals surface area (Å²) >= 11 is 13.3. The van der Waals surface area contributed by atoms with E-state index in [-0.39, 0.29) is 0 Å². The molecule has 4 nitrogen and oxygen atoms in total. The molecule has 0 atom stereocenters. The Labute approximate surface area is 119 Å². The van der Waals surface area contributed by atoms with Crippen LogP contribution in [0.3, 0.4) is 0 Å². The van der Waals surface area contributed by atoms with Crippen LogP contribution >= 0.6 is 35.0 Å². The van der Waals surface area contributed by atoms with Crippen LogP contribution in [0.25, 0.3) is 0 Å². The monoisotopic (exact) mass is 303 g/mol. The number of nitrogens with zero attached hydrogens (tertiary/aromatic N) is 2. The van der Waals surface area contributed by atoms with Crippen LogP contribution in [0.15, 0.2) is 23.4 Å². The van der Waals surface area contributed by atoms with Crippen LogP contribution in [-0.4, -0.2) is 27.5 Å². The summed E-state index contributed by atoms with van der Waals surface area (Å²) in [7, 11) is 0. The summed E-state index contributed by atoms with van der Waals surface area (Å²) in [5, 5.41) is 8.63. The molecular weight excluding hydrogens is 293 g/mol. The quantitative estimate of drug-likeness (QED) is 0.677. The number of aromatic nitrogens is 3. The van der Waals surface area contributed by atoms with Gasteiger partial charge in [-0.05, 0) is 25.1 Å². The predicted molar refractivity (Wildman–Crippen MR) is 73.8 cm³/mol. The van der Waals surface area contributed by atoms with E-state index in [1.54, 1.807) is 18.2 Å². The number of hydrogen-bond acceptors (Lipinski definition) is 4. The summed E-state index contributed by atoms with van der Waals surface area (Å²) in [6.07, 6.45) is 0. The minimum atomic E-state index is 0.515. The minimum Gasteiger partial charge on any atom is -0.491 e. The SMILES string of the molecule is Cc1nc(SCCOc2ccc(Cl)cc2Cl)n[nH]1. The van der Waals surface area contributed by atoms with Crippen molar-refractivity contribution in [1.82, 2.24) is 15.2 Å². The fraction of sp³-hybridized carbons (Fsp3) is 0.273. The number of hydrogen-bond donors (Lipinski definition) is 1. The molecule has 0 unspecified atom stereocenters. The third-order valence-corrected chi connectivity index (χ3v) is 3.38. The maximum Gasteiger partial charge on any atom is 0.208 e. The summed E-state index contributed by atoms with van der Waals surface area (Å²) in [5.74, 6) is 2.18. The van der Waals surface area contributed by atoms with Crippen LogP contribution in [-0.2, 0) is 0 Å². The number of H-pyrrole nitrogens is 1. The maximum atomic E-state index is 5.98. The molecule has 0 spiro atoms. The van der Waals surface area contributed by atoms with Crippen LogP contribution in [0.4, 0.5) is 0 Å². The largest absolute Gasteiger partial charge is 0.491 e. The van der Waals surface area contributed by atoms with Gasteiger partial charge in [0.05, 0.1) is 11.6 Å². The molecule has 2 rings (SSSR count). The standard InChI is InChI=1S/C11H11Cl2N3OS/c1-7-14-11(16-15-7)18-5-4-17-10-3-2-8(12)6-9(10)13/h2-3,6H,4-5H2,1H3,(H,14,15,16). The highest BCUT2D eigenvalue weighted by molar-refractivity contribution is 7.99. The van der Waals surface area contributed by atoms with Crippen LogP contribution in [0.5, 0.6) is 5.75 Å². The molecule has 0 amide bonds. The van der Waals surface area contributed by atoms with Crippen molar-refractivity contribution in [2.75, 3.05) is 12.4 Å². The van der Waals surface area contributed by atoms with Crippen molar-refractivity contribution in [3.8, 4) is 5.75 Å². The molecule has 1 aromatic heterocycles. The van der Waals surface area contributed by atoms with Crippen molar-refractivity contribution in [3.05, 3.63) is 34.1 Å². The third kappa shape index (κ3) is 3.80. The normalized spacial score (nSPS) is 10.6.